The van der Waals surface area contributed by atoms with Crippen LogP contribution in [0.3, 0.4) is 0 Å². The van der Waals surface area contributed by atoms with Crippen LogP contribution < -0.4 is 0 Å². The molecule has 0 saturated heterocycles. The van der Waals surface area contributed by atoms with Crippen molar-refractivity contribution in [3.05, 3.63) is 89.5 Å². The zero-order valence-electron chi connectivity index (χ0n) is 15.7. The van der Waals surface area contributed by atoms with Crippen LogP contribution in [0.25, 0.3) is 11.6 Å². The van der Waals surface area contributed by atoms with E-state index >= 15 is 0 Å². The highest BCUT2D eigenvalue weighted by atomic mass is 16.5. The molecule has 3 rings (SSSR count). The van der Waals surface area contributed by atoms with Crippen molar-refractivity contribution in [3.8, 4) is 5.75 Å². The molecule has 2 aromatic carbocycles. The predicted molar refractivity (Wildman–Crippen MR) is 110 cm³/mol. The summed E-state index contributed by atoms with van der Waals surface area (Å²) in [6.07, 6.45) is 6.02. The third kappa shape index (κ3) is 5.19. The van der Waals surface area contributed by atoms with Gasteiger partial charge >= 0.3 is 0 Å². The molecule has 1 unspecified atom stereocenters. The second-order valence-electron chi connectivity index (χ2n) is 6.69. The highest BCUT2D eigenvalue weighted by Gasteiger charge is 2.22. The Morgan fingerprint density at radius 1 is 1.22 bits per heavy atom. The summed E-state index contributed by atoms with van der Waals surface area (Å²) >= 11 is 0. The average molecular weight is 362 g/mol. The highest BCUT2D eigenvalue weighted by Crippen LogP contribution is 2.30. The van der Waals surface area contributed by atoms with Gasteiger partial charge in [-0.2, -0.15) is 0 Å². The van der Waals surface area contributed by atoms with E-state index in [4.69, 9.17) is 9.47 Å². The van der Waals surface area contributed by atoms with Crippen molar-refractivity contribution in [2.24, 2.45) is 0 Å². The summed E-state index contributed by atoms with van der Waals surface area (Å²) in [6, 6.07) is 17.7. The van der Waals surface area contributed by atoms with Gasteiger partial charge in [-0.3, -0.25) is 0 Å². The van der Waals surface area contributed by atoms with Crippen LogP contribution in [0.15, 0.2) is 78.4 Å². The number of hydrogen-bond acceptors (Lipinski definition) is 3. The standard InChI is InChI=1S/C24H26O3/c1-18(17-26-2)23-13-14-27-24(23)12-11-21(20-8-4-3-5-9-20)15-19-7-6-10-22(25)16-19/h3-10,13,15-16,24-25H,1,11-12,14,17H2,2H3/b21-15-. The third-order valence-corrected chi connectivity index (χ3v) is 4.71. The van der Waals surface area contributed by atoms with Crippen molar-refractivity contribution in [1.29, 1.82) is 0 Å². The minimum Gasteiger partial charge on any atom is -0.508 e. The molecule has 0 aliphatic carbocycles. The number of phenols is 1. The van der Waals surface area contributed by atoms with Gasteiger partial charge in [0.1, 0.15) is 5.75 Å². The molecular weight excluding hydrogens is 336 g/mol. The van der Waals surface area contributed by atoms with Gasteiger partial charge in [-0.25, -0.2) is 0 Å². The van der Waals surface area contributed by atoms with Gasteiger partial charge in [0.15, 0.2) is 0 Å². The Balaban J connectivity index is 1.79. The first-order valence-electron chi connectivity index (χ1n) is 9.21. The number of phenolic OH excluding ortho intramolecular Hbond substituents is 1. The summed E-state index contributed by atoms with van der Waals surface area (Å²) in [5, 5.41) is 9.77. The quantitative estimate of drug-likeness (QED) is 0.653. The Morgan fingerprint density at radius 2 is 2.04 bits per heavy atom. The highest BCUT2D eigenvalue weighted by molar-refractivity contribution is 5.81. The molecule has 1 aliphatic heterocycles. The lowest BCUT2D eigenvalue weighted by atomic mass is 9.93. The molecule has 3 heteroatoms. The van der Waals surface area contributed by atoms with Crippen molar-refractivity contribution in [1.82, 2.24) is 0 Å². The molecule has 1 aliphatic rings. The normalized spacial score (nSPS) is 17.0. The summed E-state index contributed by atoms with van der Waals surface area (Å²) in [5.41, 5.74) is 5.52. The second-order valence-corrected chi connectivity index (χ2v) is 6.69. The molecule has 0 radical (unpaired) electrons. The van der Waals surface area contributed by atoms with Crippen molar-refractivity contribution < 1.29 is 14.6 Å². The van der Waals surface area contributed by atoms with Crippen molar-refractivity contribution in [2.75, 3.05) is 20.3 Å². The first kappa shape index (κ1) is 19.2. The topological polar surface area (TPSA) is 38.7 Å². The van der Waals surface area contributed by atoms with Crippen LogP contribution in [0.4, 0.5) is 0 Å². The smallest absolute Gasteiger partial charge is 0.116 e. The number of benzene rings is 2. The molecule has 2 aromatic rings. The first-order valence-corrected chi connectivity index (χ1v) is 9.21. The van der Waals surface area contributed by atoms with Gasteiger partial charge in [-0.05, 0) is 52.8 Å². The molecule has 1 N–H and O–H groups in total. The zero-order valence-corrected chi connectivity index (χ0v) is 15.7. The van der Waals surface area contributed by atoms with Crippen LogP contribution >= 0.6 is 0 Å². The van der Waals surface area contributed by atoms with Crippen LogP contribution in [0.5, 0.6) is 5.75 Å². The SMILES string of the molecule is C=C(COC)C1=CCOC1CC/C(=C/c1cccc(O)c1)c1ccccc1. The molecule has 0 spiro atoms. The lowest BCUT2D eigenvalue weighted by Crippen LogP contribution is -2.13. The molecule has 0 saturated carbocycles. The number of allylic oxidation sites excluding steroid dienone is 1. The third-order valence-electron chi connectivity index (χ3n) is 4.71. The number of methoxy groups -OCH3 is 1. The van der Waals surface area contributed by atoms with E-state index in [-0.39, 0.29) is 11.9 Å². The zero-order chi connectivity index (χ0) is 19.1. The second kappa shape index (κ2) is 9.36. The fourth-order valence-corrected chi connectivity index (χ4v) is 3.40. The molecule has 3 nitrogen and oxygen atoms in total. The summed E-state index contributed by atoms with van der Waals surface area (Å²) in [5.74, 6) is 0.274. The Labute approximate surface area is 161 Å². The van der Waals surface area contributed by atoms with E-state index in [0.717, 1.165) is 29.6 Å². The summed E-state index contributed by atoms with van der Waals surface area (Å²) in [4.78, 5) is 0. The largest absolute Gasteiger partial charge is 0.508 e. The van der Waals surface area contributed by atoms with E-state index in [2.05, 4.69) is 30.9 Å². The Bertz CT molecular complexity index is 834. The van der Waals surface area contributed by atoms with Crippen molar-refractivity contribution in [3.63, 3.8) is 0 Å². The lowest BCUT2D eigenvalue weighted by Gasteiger charge is -2.18. The maximum absolute atomic E-state index is 9.77. The number of hydrogen-bond donors (Lipinski definition) is 1. The van der Waals surface area contributed by atoms with E-state index in [1.54, 1.807) is 19.2 Å². The van der Waals surface area contributed by atoms with Crippen LogP contribution in [-0.2, 0) is 9.47 Å². The maximum atomic E-state index is 9.77. The van der Waals surface area contributed by atoms with E-state index < -0.39 is 0 Å². The van der Waals surface area contributed by atoms with Gasteiger partial charge in [-0.1, -0.05) is 61.2 Å². The van der Waals surface area contributed by atoms with E-state index in [9.17, 15) is 5.11 Å². The Hall–Kier alpha value is -2.62. The summed E-state index contributed by atoms with van der Waals surface area (Å²) in [7, 11) is 1.68. The monoisotopic (exact) mass is 362 g/mol. The van der Waals surface area contributed by atoms with Crippen LogP contribution in [0, 0.1) is 0 Å². The Morgan fingerprint density at radius 3 is 2.78 bits per heavy atom. The van der Waals surface area contributed by atoms with Crippen LogP contribution in [-0.4, -0.2) is 31.5 Å². The minimum absolute atomic E-state index is 0.0453. The molecule has 0 bridgehead atoms. The van der Waals surface area contributed by atoms with E-state index in [1.165, 1.54) is 11.1 Å². The van der Waals surface area contributed by atoms with Gasteiger partial charge in [0.25, 0.3) is 0 Å². The molecular formula is C24H26O3. The van der Waals surface area contributed by atoms with Gasteiger partial charge in [0, 0.05) is 7.11 Å². The van der Waals surface area contributed by atoms with E-state index in [0.29, 0.717) is 13.2 Å². The van der Waals surface area contributed by atoms with Crippen molar-refractivity contribution in [2.45, 2.75) is 18.9 Å². The van der Waals surface area contributed by atoms with Gasteiger partial charge in [-0.15, -0.1) is 0 Å². The number of aromatic hydroxyl groups is 1. The average Bonchev–Trinajstić information content (AvgIpc) is 3.15. The molecule has 0 aromatic heterocycles. The molecule has 0 fully saturated rings. The Kier molecular flexibility index (Phi) is 6.64. The molecule has 140 valence electrons. The maximum Gasteiger partial charge on any atom is 0.116 e. The molecule has 1 heterocycles. The predicted octanol–water partition coefficient (Wildman–Crippen LogP) is 5.24. The molecule has 27 heavy (non-hydrogen) atoms. The fraction of sp³-hybridized carbons (Fsp3) is 0.250. The van der Waals surface area contributed by atoms with Crippen LogP contribution in [0.1, 0.15) is 24.0 Å². The van der Waals surface area contributed by atoms with Gasteiger partial charge in [0.05, 0.1) is 19.3 Å². The lowest BCUT2D eigenvalue weighted by molar-refractivity contribution is 0.116. The van der Waals surface area contributed by atoms with Gasteiger partial charge < -0.3 is 14.6 Å². The van der Waals surface area contributed by atoms with Crippen LogP contribution in [0.2, 0.25) is 0 Å². The number of rotatable bonds is 8. The first-order chi connectivity index (χ1) is 13.2. The van der Waals surface area contributed by atoms with E-state index in [1.807, 2.05) is 30.3 Å². The molecule has 0 amide bonds. The number of ether oxygens (including phenoxy) is 2. The summed E-state index contributed by atoms with van der Waals surface area (Å²) in [6.45, 7) is 5.27. The fourth-order valence-electron chi connectivity index (χ4n) is 3.40. The molecule has 1 atom stereocenters. The van der Waals surface area contributed by atoms with Crippen molar-refractivity contribution >= 4 is 11.6 Å². The summed E-state index contributed by atoms with van der Waals surface area (Å²) < 4.78 is 11.1. The van der Waals surface area contributed by atoms with Gasteiger partial charge in [0.2, 0.25) is 0 Å². The minimum atomic E-state index is 0.0453.